The average molecular weight is 367 g/mol. The van der Waals surface area contributed by atoms with Gasteiger partial charge in [-0.2, -0.15) is 0 Å². The molecule has 0 amide bonds. The largest absolute Gasteiger partial charge is 0.480 e. The second kappa shape index (κ2) is 12.0. The lowest BCUT2D eigenvalue weighted by Crippen LogP contribution is -2.45. The number of hydrogen-bond donors (Lipinski definition) is 2. The molecule has 0 rings (SSSR count). The van der Waals surface area contributed by atoms with Crippen molar-refractivity contribution in [3.8, 4) is 0 Å². The fourth-order valence-electron chi connectivity index (χ4n) is 2.46. The first kappa shape index (κ1) is 23.5. The average Bonchev–Trinajstić information content (AvgIpc) is 2.50. The topological polar surface area (TPSA) is 94.1 Å². The third kappa shape index (κ3) is 7.19. The number of carbonyl (C=O) groups is 1. The van der Waals surface area contributed by atoms with Gasteiger partial charge in [-0.25, -0.2) is 0 Å². The van der Waals surface area contributed by atoms with Crippen molar-refractivity contribution in [2.24, 2.45) is 5.92 Å². The van der Waals surface area contributed by atoms with Gasteiger partial charge in [-0.05, 0) is 39.5 Å². The van der Waals surface area contributed by atoms with E-state index in [-0.39, 0.29) is 12.5 Å². The van der Waals surface area contributed by atoms with Crippen LogP contribution in [-0.4, -0.2) is 48.8 Å². The van der Waals surface area contributed by atoms with E-state index >= 15 is 0 Å². The van der Waals surface area contributed by atoms with Crippen LogP contribution in [0.4, 0.5) is 0 Å². The van der Waals surface area contributed by atoms with Crippen LogP contribution in [0.3, 0.4) is 0 Å². The zero-order valence-corrected chi connectivity index (χ0v) is 16.7. The SMILES string of the molecule is CCOC(OCC)[P@](=O)(OCC)[C@@H](CC)N[C@H](CC(C)C)C(=O)O. The summed E-state index contributed by atoms with van der Waals surface area (Å²) in [6.07, 6.45) is 0.877. The maximum absolute atomic E-state index is 13.5. The smallest absolute Gasteiger partial charge is 0.320 e. The molecule has 0 aromatic rings. The third-order valence-electron chi connectivity index (χ3n) is 3.46. The number of aliphatic carboxylic acids is 1. The molecule has 0 aromatic carbocycles. The summed E-state index contributed by atoms with van der Waals surface area (Å²) in [6.45, 7) is 11.9. The van der Waals surface area contributed by atoms with E-state index in [9.17, 15) is 14.5 Å². The lowest BCUT2D eigenvalue weighted by atomic mass is 10.0. The molecule has 0 aromatic heterocycles. The molecule has 3 atom stereocenters. The molecule has 0 saturated heterocycles. The zero-order valence-electron chi connectivity index (χ0n) is 15.8. The Labute approximate surface area is 145 Å². The Kier molecular flexibility index (Phi) is 11.8. The molecule has 0 saturated carbocycles. The molecule has 0 aliphatic carbocycles. The van der Waals surface area contributed by atoms with Crippen molar-refractivity contribution in [1.82, 2.24) is 5.32 Å². The highest BCUT2D eigenvalue weighted by Crippen LogP contribution is 2.57. The first-order valence-electron chi connectivity index (χ1n) is 8.72. The van der Waals surface area contributed by atoms with Gasteiger partial charge in [-0.3, -0.25) is 14.7 Å². The second-order valence-corrected chi connectivity index (χ2v) is 8.49. The van der Waals surface area contributed by atoms with E-state index in [0.717, 1.165) is 0 Å². The van der Waals surface area contributed by atoms with E-state index in [2.05, 4.69) is 5.32 Å². The number of ether oxygens (including phenoxy) is 2. The Hall–Kier alpha value is -0.460. The van der Waals surface area contributed by atoms with E-state index in [1.807, 2.05) is 20.8 Å². The van der Waals surface area contributed by atoms with Gasteiger partial charge < -0.3 is 19.1 Å². The molecule has 0 spiro atoms. The molecule has 0 radical (unpaired) electrons. The molecule has 0 fully saturated rings. The number of rotatable bonds is 14. The summed E-state index contributed by atoms with van der Waals surface area (Å²) >= 11 is 0. The van der Waals surface area contributed by atoms with Crippen LogP contribution in [0.15, 0.2) is 0 Å². The standard InChI is InChI=1S/C16H34NO6P/c1-7-14(17-13(15(18)19)11-12(5)6)24(20,23-10-4)16(21-8-2)22-9-3/h12-14,16-17H,7-11H2,1-6H3,(H,18,19)/t13-,14+,24-/m1/s1. The highest BCUT2D eigenvalue weighted by atomic mass is 31.2. The minimum atomic E-state index is -3.43. The molecule has 0 heterocycles. The van der Waals surface area contributed by atoms with Gasteiger partial charge in [-0.15, -0.1) is 0 Å². The summed E-state index contributed by atoms with van der Waals surface area (Å²) in [7, 11) is -3.43. The minimum absolute atomic E-state index is 0.192. The molecule has 0 bridgehead atoms. The Balaban J connectivity index is 5.52. The Morgan fingerprint density at radius 2 is 1.62 bits per heavy atom. The van der Waals surface area contributed by atoms with E-state index in [0.29, 0.717) is 26.1 Å². The van der Waals surface area contributed by atoms with Crippen LogP contribution in [0.2, 0.25) is 0 Å². The van der Waals surface area contributed by atoms with Crippen molar-refractivity contribution in [2.75, 3.05) is 19.8 Å². The van der Waals surface area contributed by atoms with Crippen molar-refractivity contribution >= 4 is 13.3 Å². The number of carboxylic acid groups (broad SMARTS) is 1. The van der Waals surface area contributed by atoms with E-state index < -0.39 is 31.2 Å². The van der Waals surface area contributed by atoms with Crippen molar-refractivity contribution < 1.29 is 28.5 Å². The molecule has 8 heteroatoms. The van der Waals surface area contributed by atoms with Crippen molar-refractivity contribution in [3.63, 3.8) is 0 Å². The number of hydrogen-bond acceptors (Lipinski definition) is 6. The summed E-state index contributed by atoms with van der Waals surface area (Å²) in [6, 6.07) is -1.80. The predicted molar refractivity (Wildman–Crippen MR) is 94.4 cm³/mol. The van der Waals surface area contributed by atoms with Gasteiger partial charge >= 0.3 is 5.97 Å². The normalized spacial score (nSPS) is 17.0. The molecule has 24 heavy (non-hydrogen) atoms. The Morgan fingerprint density at radius 3 is 1.96 bits per heavy atom. The van der Waals surface area contributed by atoms with Crippen LogP contribution >= 0.6 is 7.37 Å². The first-order chi connectivity index (χ1) is 11.3. The summed E-state index contributed by atoms with van der Waals surface area (Å²) < 4.78 is 30.1. The number of nitrogens with one attached hydrogen (secondary N) is 1. The summed E-state index contributed by atoms with van der Waals surface area (Å²) in [5.74, 6) is -1.42. The summed E-state index contributed by atoms with van der Waals surface area (Å²) in [5, 5.41) is 12.5. The van der Waals surface area contributed by atoms with Gasteiger partial charge in [0.25, 0.3) is 7.37 Å². The monoisotopic (exact) mass is 367 g/mol. The lowest BCUT2D eigenvalue weighted by molar-refractivity contribution is -0.140. The predicted octanol–water partition coefficient (Wildman–Crippen LogP) is 3.48. The minimum Gasteiger partial charge on any atom is -0.480 e. The van der Waals surface area contributed by atoms with Crippen LogP contribution < -0.4 is 5.32 Å². The molecule has 0 aliphatic heterocycles. The maximum atomic E-state index is 13.5. The van der Waals surface area contributed by atoms with E-state index in [1.165, 1.54) is 0 Å². The van der Waals surface area contributed by atoms with Crippen LogP contribution in [0.5, 0.6) is 0 Å². The molecule has 0 unspecified atom stereocenters. The van der Waals surface area contributed by atoms with Crippen LogP contribution in [0.25, 0.3) is 0 Å². The van der Waals surface area contributed by atoms with Crippen LogP contribution in [0.1, 0.15) is 54.4 Å². The summed E-state index contributed by atoms with van der Waals surface area (Å²) in [5.41, 5.74) is 0. The van der Waals surface area contributed by atoms with Gasteiger partial charge in [-0.1, -0.05) is 20.8 Å². The van der Waals surface area contributed by atoms with Gasteiger partial charge in [0, 0.05) is 13.2 Å². The van der Waals surface area contributed by atoms with Crippen LogP contribution in [0, 0.1) is 5.92 Å². The van der Waals surface area contributed by atoms with Crippen molar-refractivity contribution in [1.29, 1.82) is 0 Å². The molecule has 0 aliphatic rings. The fourth-order valence-corrected chi connectivity index (χ4v) is 5.07. The van der Waals surface area contributed by atoms with Crippen molar-refractivity contribution in [3.05, 3.63) is 0 Å². The fraction of sp³-hybridized carbons (Fsp3) is 0.938. The maximum Gasteiger partial charge on any atom is 0.320 e. The molecule has 2 N–H and O–H groups in total. The Morgan fingerprint density at radius 1 is 1.08 bits per heavy atom. The van der Waals surface area contributed by atoms with E-state index in [1.54, 1.807) is 20.8 Å². The molecule has 7 nitrogen and oxygen atoms in total. The van der Waals surface area contributed by atoms with Gasteiger partial charge in [0.15, 0.2) is 0 Å². The highest BCUT2D eigenvalue weighted by Gasteiger charge is 2.44. The third-order valence-corrected chi connectivity index (χ3v) is 6.39. The highest BCUT2D eigenvalue weighted by molar-refractivity contribution is 7.60. The number of carboxylic acids is 1. The van der Waals surface area contributed by atoms with Crippen LogP contribution in [-0.2, 0) is 23.4 Å². The first-order valence-corrected chi connectivity index (χ1v) is 10.5. The molecular weight excluding hydrogens is 333 g/mol. The van der Waals surface area contributed by atoms with Gasteiger partial charge in [0.05, 0.1) is 12.4 Å². The second-order valence-electron chi connectivity index (χ2n) is 5.89. The van der Waals surface area contributed by atoms with Gasteiger partial charge in [0.2, 0.25) is 6.03 Å². The summed E-state index contributed by atoms with van der Waals surface area (Å²) in [4.78, 5) is 11.5. The lowest BCUT2D eigenvalue weighted by Gasteiger charge is -2.34. The molecule has 144 valence electrons. The van der Waals surface area contributed by atoms with Crippen molar-refractivity contribution in [2.45, 2.75) is 72.2 Å². The Bertz CT molecular complexity index is 398. The van der Waals surface area contributed by atoms with Gasteiger partial charge in [0.1, 0.15) is 6.04 Å². The molecular formula is C16H34NO6P. The quantitative estimate of drug-likeness (QED) is 0.358. The zero-order chi connectivity index (χ0) is 18.8. The van der Waals surface area contributed by atoms with E-state index in [4.69, 9.17) is 14.0 Å².